The molecule has 0 amide bonds. The molecule has 0 saturated carbocycles. The molecule has 1 saturated heterocycles. The molecule has 1 unspecified atom stereocenters. The minimum absolute atomic E-state index is 0.130. The Kier molecular flexibility index (Phi) is 3.26. The van der Waals surface area contributed by atoms with Gasteiger partial charge in [-0.05, 0) is 12.1 Å². The molecule has 5 heteroatoms. The second kappa shape index (κ2) is 4.67. The van der Waals surface area contributed by atoms with Gasteiger partial charge in [-0.25, -0.2) is 8.78 Å². The Morgan fingerprint density at radius 3 is 2.88 bits per heavy atom. The number of benzene rings is 1. The van der Waals surface area contributed by atoms with Gasteiger partial charge < -0.3 is 10.1 Å². The number of ketones is 1. The second-order valence-electron chi connectivity index (χ2n) is 3.55. The molecule has 1 N–H and O–H groups in total. The number of ether oxygens (including phenoxy) is 1. The Morgan fingerprint density at radius 1 is 1.44 bits per heavy atom. The summed E-state index contributed by atoms with van der Waals surface area (Å²) in [5, 5.41) is 2.97. The SMILES string of the molecule is O=C(c1ccc(F)cc1F)C1CNCCO1. The highest BCUT2D eigenvalue weighted by atomic mass is 19.1. The maximum Gasteiger partial charge on any atom is 0.195 e. The summed E-state index contributed by atoms with van der Waals surface area (Å²) in [6.45, 7) is 1.45. The first-order valence-corrected chi connectivity index (χ1v) is 5.00. The first-order valence-electron chi connectivity index (χ1n) is 5.00. The van der Waals surface area contributed by atoms with Crippen molar-refractivity contribution in [2.45, 2.75) is 6.10 Å². The second-order valence-corrected chi connectivity index (χ2v) is 3.55. The van der Waals surface area contributed by atoms with Crippen LogP contribution in [0.3, 0.4) is 0 Å². The van der Waals surface area contributed by atoms with Gasteiger partial charge in [0, 0.05) is 19.2 Å². The Labute approximate surface area is 91.4 Å². The van der Waals surface area contributed by atoms with Crippen molar-refractivity contribution in [1.82, 2.24) is 5.32 Å². The van der Waals surface area contributed by atoms with Crippen molar-refractivity contribution in [3.8, 4) is 0 Å². The van der Waals surface area contributed by atoms with Gasteiger partial charge in [0.2, 0.25) is 0 Å². The first kappa shape index (κ1) is 11.2. The van der Waals surface area contributed by atoms with E-state index in [4.69, 9.17) is 4.74 Å². The van der Waals surface area contributed by atoms with Crippen LogP contribution in [0.5, 0.6) is 0 Å². The van der Waals surface area contributed by atoms with Crippen LogP contribution in [0.15, 0.2) is 18.2 Å². The van der Waals surface area contributed by atoms with E-state index in [0.29, 0.717) is 25.8 Å². The number of Topliss-reactive ketones (excluding diaryl/α,β-unsaturated/α-hetero) is 1. The van der Waals surface area contributed by atoms with Crippen LogP contribution >= 0.6 is 0 Å². The Bertz CT molecular complexity index is 403. The van der Waals surface area contributed by atoms with Crippen molar-refractivity contribution in [2.24, 2.45) is 0 Å². The molecule has 1 heterocycles. The molecule has 1 aliphatic heterocycles. The lowest BCUT2D eigenvalue weighted by Gasteiger charge is -2.22. The van der Waals surface area contributed by atoms with Crippen LogP contribution in [0.4, 0.5) is 8.78 Å². The zero-order chi connectivity index (χ0) is 11.5. The van der Waals surface area contributed by atoms with Gasteiger partial charge in [0.15, 0.2) is 5.78 Å². The first-order chi connectivity index (χ1) is 7.68. The topological polar surface area (TPSA) is 38.3 Å². The van der Waals surface area contributed by atoms with E-state index in [9.17, 15) is 13.6 Å². The number of morpholine rings is 1. The highest BCUT2D eigenvalue weighted by Gasteiger charge is 2.25. The lowest BCUT2D eigenvalue weighted by molar-refractivity contribution is 0.0266. The molecule has 0 aromatic heterocycles. The molecule has 1 fully saturated rings. The molecule has 2 rings (SSSR count). The molecule has 1 aromatic carbocycles. The Balaban J connectivity index is 2.19. The molecule has 3 nitrogen and oxygen atoms in total. The number of halogens is 2. The van der Waals surface area contributed by atoms with Gasteiger partial charge in [0.1, 0.15) is 17.7 Å². The predicted molar refractivity (Wildman–Crippen MR) is 53.3 cm³/mol. The molecular formula is C11H11F2NO2. The van der Waals surface area contributed by atoms with E-state index in [-0.39, 0.29) is 5.56 Å². The Morgan fingerprint density at radius 2 is 2.25 bits per heavy atom. The van der Waals surface area contributed by atoms with E-state index in [0.717, 1.165) is 12.1 Å². The molecule has 1 atom stereocenters. The highest BCUT2D eigenvalue weighted by Crippen LogP contribution is 2.13. The summed E-state index contributed by atoms with van der Waals surface area (Å²) in [4.78, 5) is 11.8. The standard InChI is InChI=1S/C11H11F2NO2/c12-7-1-2-8(9(13)5-7)11(15)10-6-14-3-4-16-10/h1-2,5,10,14H,3-4,6H2. The van der Waals surface area contributed by atoms with Gasteiger partial charge >= 0.3 is 0 Å². The number of hydrogen-bond acceptors (Lipinski definition) is 3. The van der Waals surface area contributed by atoms with Crippen LogP contribution in [0.25, 0.3) is 0 Å². The zero-order valence-electron chi connectivity index (χ0n) is 8.50. The van der Waals surface area contributed by atoms with Crippen LogP contribution in [0, 0.1) is 11.6 Å². The molecule has 0 bridgehead atoms. The molecule has 0 spiro atoms. The van der Waals surface area contributed by atoms with Crippen LogP contribution < -0.4 is 5.32 Å². The molecule has 0 radical (unpaired) electrons. The van der Waals surface area contributed by atoms with Gasteiger partial charge in [0.05, 0.1) is 12.2 Å². The third kappa shape index (κ3) is 2.25. The number of carbonyl (C=O) groups excluding carboxylic acids is 1. The summed E-state index contributed by atoms with van der Waals surface area (Å²) in [5.74, 6) is -2.00. The molecular weight excluding hydrogens is 216 g/mol. The number of carbonyl (C=O) groups is 1. The van der Waals surface area contributed by atoms with Crippen molar-refractivity contribution >= 4 is 5.78 Å². The number of nitrogens with one attached hydrogen (secondary N) is 1. The van der Waals surface area contributed by atoms with E-state index < -0.39 is 23.5 Å². The summed E-state index contributed by atoms with van der Waals surface area (Å²) in [6, 6.07) is 2.90. The number of rotatable bonds is 2. The Hall–Kier alpha value is -1.33. The van der Waals surface area contributed by atoms with E-state index in [1.165, 1.54) is 0 Å². The van der Waals surface area contributed by atoms with Crippen LogP contribution in [0.2, 0.25) is 0 Å². The smallest absolute Gasteiger partial charge is 0.195 e. The minimum Gasteiger partial charge on any atom is -0.367 e. The lowest BCUT2D eigenvalue weighted by atomic mass is 10.0. The summed E-state index contributed by atoms with van der Waals surface area (Å²) in [7, 11) is 0. The van der Waals surface area contributed by atoms with Gasteiger partial charge in [-0.1, -0.05) is 0 Å². The third-order valence-electron chi connectivity index (χ3n) is 2.42. The summed E-state index contributed by atoms with van der Waals surface area (Å²) >= 11 is 0. The van der Waals surface area contributed by atoms with Crippen LogP contribution in [0.1, 0.15) is 10.4 Å². The molecule has 16 heavy (non-hydrogen) atoms. The van der Waals surface area contributed by atoms with E-state index in [1.807, 2.05) is 0 Å². The van der Waals surface area contributed by atoms with Crippen molar-refractivity contribution in [3.63, 3.8) is 0 Å². The quantitative estimate of drug-likeness (QED) is 0.770. The maximum absolute atomic E-state index is 13.3. The van der Waals surface area contributed by atoms with Gasteiger partial charge in [0.25, 0.3) is 0 Å². The average Bonchev–Trinajstić information content (AvgIpc) is 2.29. The fourth-order valence-electron chi connectivity index (χ4n) is 1.60. The van der Waals surface area contributed by atoms with Gasteiger partial charge in [-0.15, -0.1) is 0 Å². The minimum atomic E-state index is -0.848. The van der Waals surface area contributed by atoms with Crippen molar-refractivity contribution in [3.05, 3.63) is 35.4 Å². The largest absolute Gasteiger partial charge is 0.367 e. The van der Waals surface area contributed by atoms with E-state index in [1.54, 1.807) is 0 Å². The fourth-order valence-corrected chi connectivity index (χ4v) is 1.60. The van der Waals surface area contributed by atoms with E-state index in [2.05, 4.69) is 5.32 Å². The molecule has 1 aromatic rings. The van der Waals surface area contributed by atoms with Gasteiger partial charge in [-0.3, -0.25) is 4.79 Å². The predicted octanol–water partition coefficient (Wildman–Crippen LogP) is 1.14. The van der Waals surface area contributed by atoms with Crippen LogP contribution in [-0.2, 0) is 4.74 Å². The maximum atomic E-state index is 13.3. The molecule has 1 aliphatic rings. The average molecular weight is 227 g/mol. The molecule has 0 aliphatic carbocycles. The number of hydrogen-bond donors (Lipinski definition) is 1. The fraction of sp³-hybridized carbons (Fsp3) is 0.364. The van der Waals surface area contributed by atoms with Gasteiger partial charge in [-0.2, -0.15) is 0 Å². The highest BCUT2D eigenvalue weighted by molar-refractivity contribution is 5.99. The summed E-state index contributed by atoms with van der Waals surface area (Å²) in [5.41, 5.74) is -0.130. The van der Waals surface area contributed by atoms with Crippen molar-refractivity contribution < 1.29 is 18.3 Å². The van der Waals surface area contributed by atoms with E-state index >= 15 is 0 Å². The third-order valence-corrected chi connectivity index (χ3v) is 2.42. The summed E-state index contributed by atoms with van der Waals surface area (Å²) < 4.78 is 31.2. The zero-order valence-corrected chi connectivity index (χ0v) is 8.50. The normalized spacial score (nSPS) is 20.8. The monoisotopic (exact) mass is 227 g/mol. The van der Waals surface area contributed by atoms with Crippen molar-refractivity contribution in [1.29, 1.82) is 0 Å². The molecule has 86 valence electrons. The van der Waals surface area contributed by atoms with Crippen molar-refractivity contribution in [2.75, 3.05) is 19.7 Å². The summed E-state index contributed by atoms with van der Waals surface area (Å²) in [6.07, 6.45) is -0.686. The lowest BCUT2D eigenvalue weighted by Crippen LogP contribution is -2.43. The van der Waals surface area contributed by atoms with Crippen LogP contribution in [-0.4, -0.2) is 31.6 Å².